The number of esters is 4. The molecule has 7 rings (SSSR count). The fourth-order valence-electron chi connectivity index (χ4n) is 7.07. The third kappa shape index (κ3) is 1.00. The molecule has 7 fully saturated rings. The lowest BCUT2D eigenvalue weighted by atomic mass is 9.43. The molecule has 0 aromatic rings. The van der Waals surface area contributed by atoms with Gasteiger partial charge in [-0.3, -0.25) is 19.2 Å². The maximum atomic E-state index is 12.0. The predicted octanol–water partition coefficient (Wildman–Crippen LogP) is -1.34. The lowest BCUT2D eigenvalue weighted by molar-refractivity contribution is -0.159. The lowest BCUT2D eigenvalue weighted by Crippen LogP contribution is -2.63. The maximum Gasteiger partial charge on any atom is 0.320 e. The van der Waals surface area contributed by atoms with Crippen LogP contribution in [0, 0.1) is 47.3 Å². The summed E-state index contributed by atoms with van der Waals surface area (Å²) >= 11 is 0. The number of cyclic esters (lactones) is 4. The van der Waals surface area contributed by atoms with Gasteiger partial charge < -0.3 is 18.9 Å². The Morgan fingerprint density at radius 3 is 0.958 bits per heavy atom. The summed E-state index contributed by atoms with van der Waals surface area (Å²) in [4.78, 5) is 48.0. The highest BCUT2D eigenvalue weighted by atomic mass is 16.6. The van der Waals surface area contributed by atoms with Crippen molar-refractivity contribution in [1.82, 2.24) is 0 Å². The van der Waals surface area contributed by atoms with Gasteiger partial charge in [0.25, 0.3) is 0 Å². The molecule has 4 bridgehead atoms. The van der Waals surface area contributed by atoms with E-state index < -0.39 is 47.5 Å². The molecule has 8 heteroatoms. The van der Waals surface area contributed by atoms with Crippen LogP contribution in [0.3, 0.4) is 0 Å². The molecule has 0 radical (unpaired) electrons. The molecular formula is C16H12O8. The molecule has 0 aromatic heterocycles. The predicted molar refractivity (Wildman–Crippen MR) is 67.4 cm³/mol. The van der Waals surface area contributed by atoms with E-state index >= 15 is 0 Å². The van der Waals surface area contributed by atoms with Gasteiger partial charge in [0.2, 0.25) is 0 Å². The second-order valence-corrected chi connectivity index (χ2v) is 8.02. The highest BCUT2D eigenvalue weighted by Gasteiger charge is 2.83. The van der Waals surface area contributed by atoms with E-state index in [1.807, 2.05) is 0 Å². The number of rotatable bonds is 0. The van der Waals surface area contributed by atoms with Gasteiger partial charge in [0.1, 0.15) is 0 Å². The monoisotopic (exact) mass is 332 g/mol. The highest BCUT2D eigenvalue weighted by molar-refractivity contribution is 5.99. The third-order valence-corrected chi connectivity index (χ3v) is 7.60. The largest absolute Gasteiger partial charge is 0.393 e. The minimum Gasteiger partial charge on any atom is -0.393 e. The molecule has 0 aromatic carbocycles. The molecule has 1 saturated carbocycles. The summed E-state index contributed by atoms with van der Waals surface area (Å²) in [6.45, 7) is 0. The molecule has 0 N–H and O–H groups in total. The zero-order chi connectivity index (χ0) is 16.1. The van der Waals surface area contributed by atoms with Crippen LogP contribution in [0.2, 0.25) is 0 Å². The number of ether oxygens (including phenoxy) is 4. The smallest absolute Gasteiger partial charge is 0.320 e. The van der Waals surface area contributed by atoms with E-state index in [1.165, 1.54) is 0 Å². The molecule has 1 aliphatic carbocycles. The maximum absolute atomic E-state index is 12.0. The molecule has 0 amide bonds. The number of carbonyl (C=O) groups is 4. The average molecular weight is 332 g/mol. The van der Waals surface area contributed by atoms with Crippen molar-refractivity contribution in [2.45, 2.75) is 24.4 Å². The third-order valence-electron chi connectivity index (χ3n) is 7.60. The van der Waals surface area contributed by atoms with E-state index in [0.717, 1.165) is 0 Å². The van der Waals surface area contributed by atoms with Gasteiger partial charge in [0.05, 0.1) is 48.1 Å². The van der Waals surface area contributed by atoms with Gasteiger partial charge in [-0.25, -0.2) is 0 Å². The topological polar surface area (TPSA) is 105 Å². The number of carbonyl (C=O) groups excluding carboxylic acids is 4. The van der Waals surface area contributed by atoms with Crippen molar-refractivity contribution < 1.29 is 38.1 Å². The summed E-state index contributed by atoms with van der Waals surface area (Å²) in [5.41, 5.74) is 0. The van der Waals surface area contributed by atoms with Crippen LogP contribution in [0.15, 0.2) is 0 Å². The van der Waals surface area contributed by atoms with Crippen molar-refractivity contribution in [2.75, 3.05) is 0 Å². The zero-order valence-electron chi connectivity index (χ0n) is 12.2. The zero-order valence-corrected chi connectivity index (χ0v) is 12.2. The van der Waals surface area contributed by atoms with Crippen molar-refractivity contribution in [2.24, 2.45) is 47.3 Å². The van der Waals surface area contributed by atoms with Crippen LogP contribution in [-0.4, -0.2) is 48.3 Å². The van der Waals surface area contributed by atoms with Crippen molar-refractivity contribution in [3.05, 3.63) is 0 Å². The summed E-state index contributed by atoms with van der Waals surface area (Å²) in [5, 5.41) is 0. The van der Waals surface area contributed by atoms with E-state index in [-0.39, 0.29) is 48.1 Å². The van der Waals surface area contributed by atoms with Crippen molar-refractivity contribution in [3.8, 4) is 0 Å². The van der Waals surface area contributed by atoms with Crippen LogP contribution >= 0.6 is 0 Å². The second kappa shape index (κ2) is 3.43. The Balaban J connectivity index is 1.30. The van der Waals surface area contributed by atoms with E-state index in [0.29, 0.717) is 0 Å². The molecule has 6 saturated heterocycles. The summed E-state index contributed by atoms with van der Waals surface area (Å²) < 4.78 is 21.7. The van der Waals surface area contributed by atoms with Crippen LogP contribution in [0.5, 0.6) is 0 Å². The molecule has 124 valence electrons. The Morgan fingerprint density at radius 2 is 0.708 bits per heavy atom. The van der Waals surface area contributed by atoms with E-state index in [4.69, 9.17) is 18.9 Å². The molecule has 24 heavy (non-hydrogen) atoms. The van der Waals surface area contributed by atoms with E-state index in [1.54, 1.807) is 0 Å². The minimum absolute atomic E-state index is 0.0964. The minimum atomic E-state index is -0.517. The molecular weight excluding hydrogens is 320 g/mol. The first-order valence-corrected chi connectivity index (χ1v) is 8.40. The van der Waals surface area contributed by atoms with E-state index in [2.05, 4.69) is 0 Å². The van der Waals surface area contributed by atoms with Gasteiger partial charge in [-0.1, -0.05) is 0 Å². The summed E-state index contributed by atoms with van der Waals surface area (Å²) in [7, 11) is 0. The Bertz CT molecular complexity index is 642. The first-order valence-electron chi connectivity index (χ1n) is 8.40. The van der Waals surface area contributed by atoms with Crippen LogP contribution in [0.25, 0.3) is 0 Å². The van der Waals surface area contributed by atoms with E-state index in [9.17, 15) is 19.2 Å². The van der Waals surface area contributed by atoms with Crippen LogP contribution < -0.4 is 0 Å². The normalized spacial score (nSPS) is 63.7. The Morgan fingerprint density at radius 1 is 0.458 bits per heavy atom. The quantitative estimate of drug-likeness (QED) is 0.305. The Kier molecular flexibility index (Phi) is 1.79. The molecule has 7 aliphatic rings. The first-order chi connectivity index (χ1) is 11.6. The van der Waals surface area contributed by atoms with Gasteiger partial charge in [-0.15, -0.1) is 0 Å². The van der Waals surface area contributed by atoms with Crippen LogP contribution in [-0.2, 0) is 38.1 Å². The molecule has 6 heterocycles. The Hall–Kier alpha value is -1.80. The summed E-state index contributed by atoms with van der Waals surface area (Å²) in [6.07, 6.45) is -1.33. The molecule has 6 aliphatic heterocycles. The van der Waals surface area contributed by atoms with Gasteiger partial charge >= 0.3 is 23.9 Å². The molecule has 8 unspecified atom stereocenters. The van der Waals surface area contributed by atoms with Gasteiger partial charge in [-0.2, -0.15) is 0 Å². The van der Waals surface area contributed by atoms with Gasteiger partial charge in [-0.05, 0) is 23.7 Å². The van der Waals surface area contributed by atoms with Crippen LogP contribution in [0.4, 0.5) is 0 Å². The standard InChI is InChI=1S/C16H12O8/c17-13-5-6(14(18)23-13)10-2-1(9(5)21-10)3-4(2)12-8-7(11(3)22-12)15(19)24-16(8)20/h1-12H. The summed E-state index contributed by atoms with van der Waals surface area (Å²) in [6, 6.07) is 0. The van der Waals surface area contributed by atoms with Gasteiger partial charge in [0.15, 0.2) is 0 Å². The number of hydrogen-bond acceptors (Lipinski definition) is 8. The second-order valence-electron chi connectivity index (χ2n) is 8.02. The fraction of sp³-hybridized carbons (Fsp3) is 0.750. The first kappa shape index (κ1) is 12.5. The highest BCUT2D eigenvalue weighted by Crippen LogP contribution is 2.73. The van der Waals surface area contributed by atoms with Crippen molar-refractivity contribution >= 4 is 23.9 Å². The lowest BCUT2D eigenvalue weighted by Gasteiger charge is -2.55. The molecule has 8 atom stereocenters. The fourth-order valence-corrected chi connectivity index (χ4v) is 7.07. The molecule has 0 spiro atoms. The summed E-state index contributed by atoms with van der Waals surface area (Å²) in [5.74, 6) is -3.64. The number of hydrogen-bond donors (Lipinski definition) is 0. The van der Waals surface area contributed by atoms with Gasteiger partial charge in [0, 0.05) is 0 Å². The Labute approximate surface area is 134 Å². The number of fused-ring (bicyclic) bond motifs is 18. The molecule has 8 nitrogen and oxygen atoms in total. The average Bonchev–Trinajstić information content (AvgIpc) is 3.25. The van der Waals surface area contributed by atoms with Crippen molar-refractivity contribution in [1.29, 1.82) is 0 Å². The van der Waals surface area contributed by atoms with Crippen LogP contribution in [0.1, 0.15) is 0 Å². The SMILES string of the molecule is O=C1OC(=O)C2C3OC(C12)C1C3C2C3OC(C4C(=O)OC(=O)C34)C12. The van der Waals surface area contributed by atoms with Crippen molar-refractivity contribution in [3.63, 3.8) is 0 Å².